The monoisotopic (exact) mass is 432 g/mol. The van der Waals surface area contributed by atoms with Gasteiger partial charge in [0.05, 0.1) is 5.92 Å². The minimum atomic E-state index is -0.883. The van der Waals surface area contributed by atoms with Crippen LogP contribution in [0.15, 0.2) is 24.3 Å². The van der Waals surface area contributed by atoms with Gasteiger partial charge in [0.2, 0.25) is 5.91 Å². The second kappa shape index (κ2) is 8.26. The predicted molar refractivity (Wildman–Crippen MR) is 109 cm³/mol. The van der Waals surface area contributed by atoms with Crippen molar-refractivity contribution in [2.45, 2.75) is 50.5 Å². The van der Waals surface area contributed by atoms with Crippen LogP contribution in [0.4, 0.5) is 4.79 Å². The Morgan fingerprint density at radius 3 is 2.47 bits per heavy atom. The van der Waals surface area contributed by atoms with Gasteiger partial charge >= 0.3 is 6.03 Å². The Morgan fingerprint density at radius 2 is 1.77 bits per heavy atom. The van der Waals surface area contributed by atoms with Crippen LogP contribution >= 0.6 is 11.6 Å². The molecule has 2 N–H and O–H groups in total. The molecule has 0 radical (unpaired) electrons. The number of hydrogen-bond acceptors (Lipinski definition) is 4. The molecule has 1 spiro atoms. The first-order valence-electron chi connectivity index (χ1n) is 10.4. The van der Waals surface area contributed by atoms with Gasteiger partial charge in [0.15, 0.2) is 0 Å². The third-order valence-electron chi connectivity index (χ3n) is 6.26. The summed E-state index contributed by atoms with van der Waals surface area (Å²) in [6.45, 7) is 0.791. The topological polar surface area (TPSA) is 98.8 Å². The van der Waals surface area contributed by atoms with E-state index in [1.807, 2.05) is 0 Å². The molecule has 1 aliphatic carbocycles. The van der Waals surface area contributed by atoms with Crippen LogP contribution in [0.2, 0.25) is 5.02 Å². The first kappa shape index (κ1) is 20.7. The van der Waals surface area contributed by atoms with E-state index in [2.05, 4.69) is 10.7 Å². The third-order valence-corrected chi connectivity index (χ3v) is 6.51. The first-order chi connectivity index (χ1) is 14.4. The summed E-state index contributed by atoms with van der Waals surface area (Å²) >= 11 is 5.88. The fourth-order valence-electron chi connectivity index (χ4n) is 4.57. The van der Waals surface area contributed by atoms with Crippen molar-refractivity contribution in [2.24, 2.45) is 5.92 Å². The summed E-state index contributed by atoms with van der Waals surface area (Å²) in [5.74, 6) is -1.45. The Labute approximate surface area is 179 Å². The Bertz CT molecular complexity index is 866. The number of carbonyl (C=O) groups is 4. The second-order valence-electron chi connectivity index (χ2n) is 8.29. The number of halogens is 1. The molecule has 4 rings (SSSR count). The van der Waals surface area contributed by atoms with Crippen molar-refractivity contribution in [1.82, 2.24) is 20.7 Å². The second-order valence-corrected chi connectivity index (χ2v) is 8.72. The summed E-state index contributed by atoms with van der Waals surface area (Å²) < 4.78 is 0. The van der Waals surface area contributed by atoms with Crippen LogP contribution in [0.25, 0.3) is 0 Å². The normalized spacial score (nSPS) is 23.4. The molecule has 2 saturated heterocycles. The molecule has 8 nitrogen and oxygen atoms in total. The van der Waals surface area contributed by atoms with Crippen LogP contribution in [-0.4, -0.2) is 52.3 Å². The molecule has 5 amide bonds. The summed E-state index contributed by atoms with van der Waals surface area (Å²) in [7, 11) is 0. The number of amides is 5. The number of imide groups is 1. The smallest absolute Gasteiger partial charge is 0.338 e. The predicted octanol–water partition coefficient (Wildman–Crippen LogP) is 2.48. The molecule has 1 atom stereocenters. The van der Waals surface area contributed by atoms with Crippen molar-refractivity contribution >= 4 is 35.4 Å². The minimum Gasteiger partial charge on any atom is -0.338 e. The van der Waals surface area contributed by atoms with Crippen molar-refractivity contribution in [3.8, 4) is 0 Å². The molecule has 3 aliphatic rings. The molecule has 2 aliphatic heterocycles. The largest absolute Gasteiger partial charge is 0.344 e. The van der Waals surface area contributed by atoms with Crippen molar-refractivity contribution in [3.63, 3.8) is 0 Å². The van der Waals surface area contributed by atoms with E-state index >= 15 is 0 Å². The fourth-order valence-corrected chi connectivity index (χ4v) is 4.69. The zero-order chi connectivity index (χ0) is 21.3. The maximum Gasteiger partial charge on any atom is 0.344 e. The first-order valence-corrected chi connectivity index (χ1v) is 10.8. The van der Waals surface area contributed by atoms with E-state index in [1.54, 1.807) is 29.2 Å². The van der Waals surface area contributed by atoms with Gasteiger partial charge in [0, 0.05) is 23.7 Å². The Kier molecular flexibility index (Phi) is 5.69. The molecule has 0 aromatic heterocycles. The number of carbonyl (C=O) groups excluding carboxylic acids is 4. The molecule has 1 aromatic rings. The van der Waals surface area contributed by atoms with Gasteiger partial charge in [0.1, 0.15) is 5.54 Å². The van der Waals surface area contributed by atoms with Crippen LogP contribution in [0.3, 0.4) is 0 Å². The third kappa shape index (κ3) is 3.88. The summed E-state index contributed by atoms with van der Waals surface area (Å²) in [6, 6.07) is 6.04. The minimum absolute atomic E-state index is 0.166. The number of hydrazine groups is 1. The summed E-state index contributed by atoms with van der Waals surface area (Å²) in [5.41, 5.74) is 2.13. The summed E-state index contributed by atoms with van der Waals surface area (Å²) in [6.07, 6.45) is 5.23. The van der Waals surface area contributed by atoms with Gasteiger partial charge in [-0.25, -0.2) is 4.79 Å². The van der Waals surface area contributed by atoms with E-state index in [4.69, 9.17) is 11.6 Å². The van der Waals surface area contributed by atoms with Gasteiger partial charge < -0.3 is 10.2 Å². The Morgan fingerprint density at radius 1 is 1.07 bits per heavy atom. The molecule has 0 bridgehead atoms. The number of piperidine rings is 1. The highest BCUT2D eigenvalue weighted by Gasteiger charge is 2.52. The van der Waals surface area contributed by atoms with E-state index in [9.17, 15) is 19.2 Å². The number of nitrogens with zero attached hydrogens (tertiary/aromatic N) is 2. The fraction of sp³-hybridized carbons (Fsp3) is 0.524. The Balaban J connectivity index is 1.40. The molecule has 9 heteroatoms. The summed E-state index contributed by atoms with van der Waals surface area (Å²) in [5, 5.41) is 4.15. The highest BCUT2D eigenvalue weighted by molar-refractivity contribution is 6.30. The maximum absolute atomic E-state index is 12.8. The quantitative estimate of drug-likeness (QED) is 0.717. The number of nitrogens with one attached hydrogen (secondary N) is 2. The van der Waals surface area contributed by atoms with Crippen LogP contribution in [0.5, 0.6) is 0 Å². The van der Waals surface area contributed by atoms with Gasteiger partial charge in [-0.2, -0.15) is 5.01 Å². The number of likely N-dealkylation sites (tertiary alicyclic amines) is 1. The van der Waals surface area contributed by atoms with Gasteiger partial charge in [-0.3, -0.25) is 19.8 Å². The van der Waals surface area contributed by atoms with Crippen LogP contribution in [0.1, 0.15) is 55.3 Å². The molecular formula is C21H25ClN4O4. The SMILES string of the molecule is O=C(NN1C(=O)NC2(CCCCC2)C1=O)[C@@H]1CCCN(C(=O)c2ccc(Cl)cc2)C1. The number of hydrogen-bond donors (Lipinski definition) is 2. The molecule has 1 aromatic carbocycles. The number of rotatable bonds is 3. The van der Waals surface area contributed by atoms with Crippen LogP contribution in [-0.2, 0) is 9.59 Å². The Hall–Kier alpha value is -2.61. The van der Waals surface area contributed by atoms with Gasteiger partial charge in [-0.1, -0.05) is 30.9 Å². The van der Waals surface area contributed by atoms with Gasteiger partial charge in [-0.15, -0.1) is 0 Å². The standard InChI is InChI=1S/C21H25ClN4O4/c22-16-8-6-14(7-9-16)18(28)25-12-4-5-15(13-25)17(27)24-26-19(29)21(23-20(26)30)10-2-1-3-11-21/h6-9,15H,1-5,10-13H2,(H,23,30)(H,24,27)/t15-/m1/s1. The molecule has 2 heterocycles. The van der Waals surface area contributed by atoms with Crippen molar-refractivity contribution in [2.75, 3.05) is 13.1 Å². The lowest BCUT2D eigenvalue weighted by atomic mass is 9.82. The summed E-state index contributed by atoms with van der Waals surface area (Å²) in [4.78, 5) is 52.4. The lowest BCUT2D eigenvalue weighted by molar-refractivity contribution is -0.141. The molecule has 1 saturated carbocycles. The average molecular weight is 433 g/mol. The maximum atomic E-state index is 12.8. The molecular weight excluding hydrogens is 408 g/mol. The van der Waals surface area contributed by atoms with Crippen molar-refractivity contribution in [1.29, 1.82) is 0 Å². The lowest BCUT2D eigenvalue weighted by Crippen LogP contribution is -2.53. The zero-order valence-electron chi connectivity index (χ0n) is 16.7. The zero-order valence-corrected chi connectivity index (χ0v) is 17.4. The lowest BCUT2D eigenvalue weighted by Gasteiger charge is -2.33. The van der Waals surface area contributed by atoms with E-state index in [0.717, 1.165) is 24.3 Å². The highest BCUT2D eigenvalue weighted by Crippen LogP contribution is 2.33. The van der Waals surface area contributed by atoms with Gasteiger partial charge in [0.25, 0.3) is 11.8 Å². The molecule has 160 valence electrons. The van der Waals surface area contributed by atoms with E-state index in [1.165, 1.54) is 0 Å². The van der Waals surface area contributed by atoms with Crippen LogP contribution < -0.4 is 10.7 Å². The molecule has 0 unspecified atom stereocenters. The number of urea groups is 1. The number of benzene rings is 1. The van der Waals surface area contributed by atoms with Crippen molar-refractivity contribution in [3.05, 3.63) is 34.9 Å². The molecule has 3 fully saturated rings. The van der Waals surface area contributed by atoms with Crippen molar-refractivity contribution < 1.29 is 19.2 Å². The average Bonchev–Trinajstić information content (AvgIpc) is 2.98. The van der Waals surface area contributed by atoms with Crippen LogP contribution in [0, 0.1) is 5.92 Å². The van der Waals surface area contributed by atoms with E-state index in [-0.39, 0.29) is 18.4 Å². The highest BCUT2D eigenvalue weighted by atomic mass is 35.5. The molecule has 30 heavy (non-hydrogen) atoms. The van der Waals surface area contributed by atoms with E-state index < -0.39 is 23.4 Å². The van der Waals surface area contributed by atoms with E-state index in [0.29, 0.717) is 42.8 Å². The van der Waals surface area contributed by atoms with Gasteiger partial charge in [-0.05, 0) is 49.9 Å².